The number of rotatable bonds is 3. The molecule has 12 heavy (non-hydrogen) atoms. The maximum Gasteiger partial charge on any atom is 0.0276 e. The van der Waals surface area contributed by atoms with Crippen LogP contribution in [0.15, 0.2) is 35.6 Å². The molecule has 0 radical (unpaired) electrons. The summed E-state index contributed by atoms with van der Waals surface area (Å²) in [7, 11) is 0. The standard InChI is InChI=1S/C11H19N/c1-6-9(4)7-11(8(2)3)10(5)12/h6-8H,5,12H2,1-4H3/b9-6-,11-7-. The second-order valence-corrected chi connectivity index (χ2v) is 3.31. The molecule has 0 amide bonds. The predicted molar refractivity (Wildman–Crippen MR) is 55.7 cm³/mol. The molecule has 0 heterocycles. The quantitative estimate of drug-likeness (QED) is 0.639. The van der Waals surface area contributed by atoms with Crippen molar-refractivity contribution in [1.82, 2.24) is 0 Å². The van der Waals surface area contributed by atoms with E-state index in [0.717, 1.165) is 5.57 Å². The molecule has 0 saturated carbocycles. The van der Waals surface area contributed by atoms with Gasteiger partial charge in [0.25, 0.3) is 0 Å². The van der Waals surface area contributed by atoms with Gasteiger partial charge in [-0.15, -0.1) is 0 Å². The van der Waals surface area contributed by atoms with Crippen LogP contribution in [-0.2, 0) is 0 Å². The number of allylic oxidation sites excluding steroid dienone is 4. The smallest absolute Gasteiger partial charge is 0.0276 e. The summed E-state index contributed by atoms with van der Waals surface area (Å²) in [5.74, 6) is 0.442. The molecule has 0 rings (SSSR count). The number of nitrogens with two attached hydrogens (primary N) is 1. The van der Waals surface area contributed by atoms with Crippen molar-refractivity contribution in [1.29, 1.82) is 0 Å². The second kappa shape index (κ2) is 4.81. The third kappa shape index (κ3) is 3.42. The third-order valence-electron chi connectivity index (χ3n) is 1.83. The van der Waals surface area contributed by atoms with E-state index in [2.05, 4.69) is 39.5 Å². The van der Waals surface area contributed by atoms with Gasteiger partial charge in [0.1, 0.15) is 0 Å². The van der Waals surface area contributed by atoms with Crippen LogP contribution in [0, 0.1) is 5.92 Å². The number of hydrogen-bond acceptors (Lipinski definition) is 1. The lowest BCUT2D eigenvalue weighted by atomic mass is 9.98. The van der Waals surface area contributed by atoms with Gasteiger partial charge in [-0.2, -0.15) is 0 Å². The minimum absolute atomic E-state index is 0.442. The molecule has 0 bridgehead atoms. The average molecular weight is 165 g/mol. The summed E-state index contributed by atoms with van der Waals surface area (Å²) in [4.78, 5) is 0. The molecule has 0 saturated heterocycles. The van der Waals surface area contributed by atoms with Gasteiger partial charge in [-0.1, -0.05) is 38.2 Å². The van der Waals surface area contributed by atoms with Gasteiger partial charge in [0, 0.05) is 5.70 Å². The summed E-state index contributed by atoms with van der Waals surface area (Å²) in [5.41, 5.74) is 8.68. The molecule has 0 aromatic heterocycles. The van der Waals surface area contributed by atoms with Crippen molar-refractivity contribution in [3.8, 4) is 0 Å². The summed E-state index contributed by atoms with van der Waals surface area (Å²) >= 11 is 0. The van der Waals surface area contributed by atoms with Crippen LogP contribution in [0.2, 0.25) is 0 Å². The van der Waals surface area contributed by atoms with Crippen molar-refractivity contribution >= 4 is 0 Å². The van der Waals surface area contributed by atoms with Crippen LogP contribution >= 0.6 is 0 Å². The van der Waals surface area contributed by atoms with Gasteiger partial charge in [-0.3, -0.25) is 0 Å². The third-order valence-corrected chi connectivity index (χ3v) is 1.83. The van der Waals surface area contributed by atoms with Crippen LogP contribution in [-0.4, -0.2) is 0 Å². The summed E-state index contributed by atoms with van der Waals surface area (Å²) in [6, 6.07) is 0. The molecule has 68 valence electrons. The largest absolute Gasteiger partial charge is 0.399 e. The Morgan fingerprint density at radius 1 is 1.42 bits per heavy atom. The molecule has 0 unspecified atom stereocenters. The van der Waals surface area contributed by atoms with Crippen LogP contribution in [0.1, 0.15) is 27.7 Å². The molecule has 0 aliphatic rings. The Bertz CT molecular complexity index is 219. The molecule has 0 atom stereocenters. The molecular weight excluding hydrogens is 146 g/mol. The molecule has 1 heteroatoms. The lowest BCUT2D eigenvalue weighted by Gasteiger charge is -2.10. The van der Waals surface area contributed by atoms with Gasteiger partial charge in [-0.05, 0) is 25.3 Å². The molecule has 2 N–H and O–H groups in total. The first-order chi connectivity index (χ1) is 5.49. The molecular formula is C11H19N. The monoisotopic (exact) mass is 165 g/mol. The van der Waals surface area contributed by atoms with Crippen molar-refractivity contribution in [3.63, 3.8) is 0 Å². The minimum Gasteiger partial charge on any atom is -0.399 e. The van der Waals surface area contributed by atoms with Crippen LogP contribution in [0.25, 0.3) is 0 Å². The fraction of sp³-hybridized carbons (Fsp3) is 0.455. The van der Waals surface area contributed by atoms with Crippen LogP contribution in [0.5, 0.6) is 0 Å². The van der Waals surface area contributed by atoms with Crippen LogP contribution < -0.4 is 5.73 Å². The van der Waals surface area contributed by atoms with Crippen LogP contribution in [0.3, 0.4) is 0 Å². The fourth-order valence-electron chi connectivity index (χ4n) is 0.959. The van der Waals surface area contributed by atoms with E-state index < -0.39 is 0 Å². The zero-order valence-corrected chi connectivity index (χ0v) is 8.52. The van der Waals surface area contributed by atoms with Gasteiger partial charge in [0.05, 0.1) is 0 Å². The SMILES string of the molecule is C=C(N)/C(=C\C(C)=C/C)C(C)C. The van der Waals surface area contributed by atoms with Gasteiger partial charge < -0.3 is 5.73 Å². The van der Waals surface area contributed by atoms with Crippen molar-refractivity contribution in [2.75, 3.05) is 0 Å². The topological polar surface area (TPSA) is 26.0 Å². The number of hydrogen-bond donors (Lipinski definition) is 1. The highest BCUT2D eigenvalue weighted by Gasteiger charge is 2.03. The highest BCUT2D eigenvalue weighted by atomic mass is 14.6. The minimum atomic E-state index is 0.442. The Morgan fingerprint density at radius 2 is 1.92 bits per heavy atom. The molecule has 0 aliphatic heterocycles. The van der Waals surface area contributed by atoms with Gasteiger partial charge in [-0.25, -0.2) is 0 Å². The Labute approximate surface area is 75.7 Å². The summed E-state index contributed by atoms with van der Waals surface area (Å²) in [5, 5.41) is 0. The first-order valence-corrected chi connectivity index (χ1v) is 4.28. The van der Waals surface area contributed by atoms with Gasteiger partial charge in [0.15, 0.2) is 0 Å². The van der Waals surface area contributed by atoms with E-state index in [9.17, 15) is 0 Å². The molecule has 0 aliphatic carbocycles. The van der Waals surface area contributed by atoms with E-state index in [-0.39, 0.29) is 0 Å². The van der Waals surface area contributed by atoms with Crippen molar-refractivity contribution in [2.24, 2.45) is 11.7 Å². The highest BCUT2D eigenvalue weighted by Crippen LogP contribution is 2.16. The zero-order valence-electron chi connectivity index (χ0n) is 8.52. The average Bonchev–Trinajstić information content (AvgIpc) is 1.98. The maximum absolute atomic E-state index is 5.65. The first kappa shape index (κ1) is 11.0. The zero-order chi connectivity index (χ0) is 9.72. The van der Waals surface area contributed by atoms with Crippen molar-refractivity contribution in [3.05, 3.63) is 35.6 Å². The van der Waals surface area contributed by atoms with E-state index in [0.29, 0.717) is 11.6 Å². The van der Waals surface area contributed by atoms with Gasteiger partial charge >= 0.3 is 0 Å². The Kier molecular flexibility index (Phi) is 4.42. The van der Waals surface area contributed by atoms with Gasteiger partial charge in [0.2, 0.25) is 0 Å². The molecule has 1 nitrogen and oxygen atoms in total. The summed E-state index contributed by atoms with van der Waals surface area (Å²) in [6.07, 6.45) is 4.15. The maximum atomic E-state index is 5.65. The molecule has 0 spiro atoms. The lowest BCUT2D eigenvalue weighted by Crippen LogP contribution is -2.05. The van der Waals surface area contributed by atoms with Crippen molar-refractivity contribution < 1.29 is 0 Å². The first-order valence-electron chi connectivity index (χ1n) is 4.28. The Balaban J connectivity index is 4.74. The summed E-state index contributed by atoms with van der Waals surface area (Å²) in [6.45, 7) is 12.1. The van der Waals surface area contributed by atoms with E-state index in [1.165, 1.54) is 5.57 Å². The van der Waals surface area contributed by atoms with E-state index in [1.54, 1.807) is 0 Å². The molecule has 0 aromatic rings. The predicted octanol–water partition coefficient (Wildman–Crippen LogP) is 3.01. The fourth-order valence-corrected chi connectivity index (χ4v) is 0.959. The normalized spacial score (nSPS) is 13.8. The van der Waals surface area contributed by atoms with E-state index in [4.69, 9.17) is 5.73 Å². The molecule has 0 fully saturated rings. The van der Waals surface area contributed by atoms with E-state index >= 15 is 0 Å². The summed E-state index contributed by atoms with van der Waals surface area (Å²) < 4.78 is 0. The Morgan fingerprint density at radius 3 is 2.17 bits per heavy atom. The van der Waals surface area contributed by atoms with Crippen molar-refractivity contribution in [2.45, 2.75) is 27.7 Å². The second-order valence-electron chi connectivity index (χ2n) is 3.31. The molecule has 0 aromatic carbocycles. The Hall–Kier alpha value is -0.980. The highest BCUT2D eigenvalue weighted by molar-refractivity contribution is 5.34. The van der Waals surface area contributed by atoms with Crippen LogP contribution in [0.4, 0.5) is 0 Å². The lowest BCUT2D eigenvalue weighted by molar-refractivity contribution is 0.774. The van der Waals surface area contributed by atoms with E-state index in [1.807, 2.05) is 6.92 Å².